The third kappa shape index (κ3) is 2.16. The lowest BCUT2D eigenvalue weighted by Gasteiger charge is -2.35. The van der Waals surface area contributed by atoms with Crippen LogP contribution in [-0.2, 0) is 10.0 Å². The van der Waals surface area contributed by atoms with E-state index < -0.39 is 10.0 Å². The summed E-state index contributed by atoms with van der Waals surface area (Å²) in [4.78, 5) is 13.6. The molecule has 2 atom stereocenters. The number of piperidine rings is 1. The first kappa shape index (κ1) is 13.3. The Hall–Kier alpha value is -0.700. The zero-order chi connectivity index (χ0) is 13.6. The van der Waals surface area contributed by atoms with Gasteiger partial charge < -0.3 is 10.3 Å². The number of H-pyrrole nitrogens is 1. The molecule has 0 amide bonds. The van der Waals surface area contributed by atoms with Gasteiger partial charge in [0.2, 0.25) is 0 Å². The van der Waals surface area contributed by atoms with Crippen molar-refractivity contribution in [2.45, 2.75) is 30.0 Å². The zero-order valence-corrected chi connectivity index (χ0v) is 12.3. The number of fused-ring (bicyclic) bond motifs is 1. The number of rotatable bonds is 2. The summed E-state index contributed by atoms with van der Waals surface area (Å²) < 4.78 is 27.2. The van der Waals surface area contributed by atoms with E-state index in [9.17, 15) is 13.2 Å². The Morgan fingerprint density at radius 2 is 2.16 bits per heavy atom. The van der Waals surface area contributed by atoms with Gasteiger partial charge in [-0.05, 0) is 32.2 Å². The second kappa shape index (κ2) is 4.69. The van der Waals surface area contributed by atoms with Gasteiger partial charge in [0, 0.05) is 24.8 Å². The molecular weight excluding hydrogens is 286 g/mol. The average molecular weight is 303 g/mol. The first-order valence-electron chi connectivity index (χ1n) is 6.42. The number of aryl methyl sites for hydroxylation is 1. The SMILES string of the molecule is Cc1[nH]c(=O)sc1S(=O)(=O)N1CCCC2CNCC21. The monoisotopic (exact) mass is 303 g/mol. The van der Waals surface area contributed by atoms with Crippen molar-refractivity contribution in [1.29, 1.82) is 0 Å². The number of hydrogen-bond donors (Lipinski definition) is 2. The van der Waals surface area contributed by atoms with Crippen LogP contribution in [0, 0.1) is 12.8 Å². The van der Waals surface area contributed by atoms with Gasteiger partial charge in [-0.15, -0.1) is 0 Å². The van der Waals surface area contributed by atoms with Gasteiger partial charge in [-0.1, -0.05) is 11.3 Å². The third-order valence-corrected chi connectivity index (χ3v) is 7.46. The standard InChI is InChI=1S/C11H17N3O3S2/c1-7-10(18-11(15)13-7)19(16,17)14-4-2-3-8-5-12-6-9(8)14/h8-9,12H,2-6H2,1H3,(H,13,15). The number of thiazole rings is 1. The predicted octanol–water partition coefficient (Wildman–Crippen LogP) is 0.117. The summed E-state index contributed by atoms with van der Waals surface area (Å²) in [5, 5.41) is 3.27. The van der Waals surface area contributed by atoms with Gasteiger partial charge in [-0.2, -0.15) is 4.31 Å². The molecule has 0 aliphatic carbocycles. The van der Waals surface area contributed by atoms with E-state index in [0.29, 0.717) is 24.7 Å². The minimum Gasteiger partial charge on any atom is -0.315 e. The van der Waals surface area contributed by atoms with Gasteiger partial charge in [0.25, 0.3) is 10.0 Å². The quantitative estimate of drug-likeness (QED) is 0.813. The summed E-state index contributed by atoms with van der Waals surface area (Å²) in [5.74, 6) is 0.402. The molecular formula is C11H17N3O3S2. The number of aromatic nitrogens is 1. The van der Waals surface area contributed by atoms with Crippen molar-refractivity contribution >= 4 is 21.4 Å². The minimum absolute atomic E-state index is 0.0374. The van der Waals surface area contributed by atoms with Gasteiger partial charge in [-0.3, -0.25) is 4.79 Å². The Balaban J connectivity index is 2.00. The number of nitrogens with one attached hydrogen (secondary N) is 2. The maximum Gasteiger partial charge on any atom is 0.305 e. The van der Waals surface area contributed by atoms with Crippen molar-refractivity contribution in [2.75, 3.05) is 19.6 Å². The molecule has 0 radical (unpaired) electrons. The molecule has 1 aromatic heterocycles. The van der Waals surface area contributed by atoms with E-state index in [1.165, 1.54) is 0 Å². The highest BCUT2D eigenvalue weighted by molar-refractivity contribution is 7.91. The maximum atomic E-state index is 12.7. The molecule has 0 aromatic carbocycles. The first-order valence-corrected chi connectivity index (χ1v) is 8.68. The van der Waals surface area contributed by atoms with E-state index in [1.807, 2.05) is 0 Å². The minimum atomic E-state index is -3.55. The highest BCUT2D eigenvalue weighted by atomic mass is 32.2. The topological polar surface area (TPSA) is 82.3 Å². The van der Waals surface area contributed by atoms with E-state index >= 15 is 0 Å². The van der Waals surface area contributed by atoms with Crippen molar-refractivity contribution in [1.82, 2.24) is 14.6 Å². The summed E-state index contributed by atoms with van der Waals surface area (Å²) in [5.41, 5.74) is 0.447. The van der Waals surface area contributed by atoms with Crippen LogP contribution in [-0.4, -0.2) is 43.4 Å². The molecule has 2 unspecified atom stereocenters. The number of sulfonamides is 1. The number of nitrogens with zero attached hydrogens (tertiary/aromatic N) is 1. The van der Waals surface area contributed by atoms with E-state index in [-0.39, 0.29) is 15.1 Å². The Morgan fingerprint density at radius 3 is 2.84 bits per heavy atom. The van der Waals surface area contributed by atoms with E-state index in [1.54, 1.807) is 11.2 Å². The smallest absolute Gasteiger partial charge is 0.305 e. The Kier molecular flexibility index (Phi) is 3.28. The van der Waals surface area contributed by atoms with Crippen LogP contribution in [0.25, 0.3) is 0 Å². The Morgan fingerprint density at radius 1 is 1.37 bits per heavy atom. The lowest BCUT2D eigenvalue weighted by atomic mass is 9.94. The molecule has 19 heavy (non-hydrogen) atoms. The fourth-order valence-electron chi connectivity index (χ4n) is 3.07. The molecule has 3 rings (SSSR count). The lowest BCUT2D eigenvalue weighted by molar-refractivity contribution is 0.217. The molecule has 2 N–H and O–H groups in total. The van der Waals surface area contributed by atoms with Crippen molar-refractivity contribution < 1.29 is 8.42 Å². The second-order valence-electron chi connectivity index (χ2n) is 5.17. The lowest BCUT2D eigenvalue weighted by Crippen LogP contribution is -2.48. The molecule has 0 bridgehead atoms. The fraction of sp³-hybridized carbons (Fsp3) is 0.727. The van der Waals surface area contributed by atoms with Gasteiger partial charge >= 0.3 is 4.87 Å². The summed E-state index contributed by atoms with van der Waals surface area (Å²) in [6, 6.07) is 0.0374. The van der Waals surface area contributed by atoms with Crippen molar-refractivity contribution in [3.63, 3.8) is 0 Å². The van der Waals surface area contributed by atoms with Crippen LogP contribution < -0.4 is 10.2 Å². The van der Waals surface area contributed by atoms with Crippen LogP contribution in [0.3, 0.4) is 0 Å². The van der Waals surface area contributed by atoms with Gasteiger partial charge in [0.05, 0.1) is 0 Å². The van der Waals surface area contributed by atoms with E-state index in [4.69, 9.17) is 0 Å². The second-order valence-corrected chi connectivity index (χ2v) is 8.24. The van der Waals surface area contributed by atoms with Crippen molar-refractivity contribution in [3.8, 4) is 0 Å². The fourth-order valence-corrected chi connectivity index (χ4v) is 6.20. The molecule has 2 saturated heterocycles. The van der Waals surface area contributed by atoms with Crippen LogP contribution in [0.2, 0.25) is 0 Å². The molecule has 6 nitrogen and oxygen atoms in total. The molecule has 2 aliphatic heterocycles. The highest BCUT2D eigenvalue weighted by Crippen LogP contribution is 2.32. The van der Waals surface area contributed by atoms with Gasteiger partial charge in [0.1, 0.15) is 0 Å². The maximum absolute atomic E-state index is 12.7. The van der Waals surface area contributed by atoms with Crippen LogP contribution >= 0.6 is 11.3 Å². The molecule has 106 valence electrons. The molecule has 0 spiro atoms. The Labute approximate surface area is 115 Å². The predicted molar refractivity (Wildman–Crippen MR) is 73.0 cm³/mol. The Bertz CT molecular complexity index is 634. The summed E-state index contributed by atoms with van der Waals surface area (Å²) in [6.45, 7) is 3.79. The van der Waals surface area contributed by atoms with Crippen LogP contribution in [0.4, 0.5) is 0 Å². The zero-order valence-electron chi connectivity index (χ0n) is 10.7. The number of hydrogen-bond acceptors (Lipinski definition) is 5. The van der Waals surface area contributed by atoms with Gasteiger partial charge in [-0.25, -0.2) is 8.42 Å². The molecule has 2 fully saturated rings. The first-order chi connectivity index (χ1) is 9.00. The molecule has 3 heterocycles. The normalized spacial score (nSPS) is 28.5. The van der Waals surface area contributed by atoms with E-state index in [2.05, 4.69) is 10.3 Å². The average Bonchev–Trinajstić information content (AvgIpc) is 2.94. The van der Waals surface area contributed by atoms with Crippen LogP contribution in [0.5, 0.6) is 0 Å². The van der Waals surface area contributed by atoms with Crippen LogP contribution in [0.1, 0.15) is 18.5 Å². The van der Waals surface area contributed by atoms with Crippen molar-refractivity contribution in [3.05, 3.63) is 15.4 Å². The largest absolute Gasteiger partial charge is 0.315 e. The molecule has 2 aliphatic rings. The summed E-state index contributed by atoms with van der Waals surface area (Å²) >= 11 is 0.788. The van der Waals surface area contributed by atoms with Crippen molar-refractivity contribution in [2.24, 2.45) is 5.92 Å². The number of aromatic amines is 1. The summed E-state index contributed by atoms with van der Waals surface area (Å²) in [7, 11) is -3.55. The van der Waals surface area contributed by atoms with E-state index in [0.717, 1.165) is 30.7 Å². The van der Waals surface area contributed by atoms with Gasteiger partial charge in [0.15, 0.2) is 4.21 Å². The highest BCUT2D eigenvalue weighted by Gasteiger charge is 2.42. The van der Waals surface area contributed by atoms with Crippen LogP contribution in [0.15, 0.2) is 9.00 Å². The molecule has 0 saturated carbocycles. The summed E-state index contributed by atoms with van der Waals surface area (Å²) in [6.07, 6.45) is 1.96. The molecule has 1 aromatic rings. The molecule has 8 heteroatoms. The third-order valence-electron chi connectivity index (χ3n) is 3.95.